The number of hydrogen-bond acceptors (Lipinski definition) is 13. The zero-order chi connectivity index (χ0) is 22.7. The Balaban J connectivity index is 1.49. The number of nitrogen functional groups attached to an aromatic ring is 1. The van der Waals surface area contributed by atoms with E-state index in [1.54, 1.807) is 0 Å². The van der Waals surface area contributed by atoms with Crippen LogP contribution in [-0.4, -0.2) is 94.0 Å². The molecular formula is C16H26N7O8P. The lowest BCUT2D eigenvalue weighted by Gasteiger charge is -2.27. The van der Waals surface area contributed by atoms with Crippen LogP contribution in [0.2, 0.25) is 0 Å². The molecule has 0 radical (unpaired) electrons. The third-order valence-electron chi connectivity index (χ3n) is 4.89. The van der Waals surface area contributed by atoms with Crippen LogP contribution in [0.4, 0.5) is 11.8 Å². The molecule has 32 heavy (non-hydrogen) atoms. The van der Waals surface area contributed by atoms with Crippen molar-refractivity contribution in [3.8, 4) is 0 Å². The molecule has 0 aliphatic carbocycles. The first kappa shape index (κ1) is 23.2. The average Bonchev–Trinajstić information content (AvgIpc) is 3.27. The van der Waals surface area contributed by atoms with E-state index in [-0.39, 0.29) is 12.4 Å². The summed E-state index contributed by atoms with van der Waals surface area (Å²) in [5.74, 6) is 0.445. The van der Waals surface area contributed by atoms with Gasteiger partial charge in [0.15, 0.2) is 23.2 Å². The molecule has 2 aliphatic heterocycles. The van der Waals surface area contributed by atoms with Crippen LogP contribution in [0.15, 0.2) is 6.33 Å². The van der Waals surface area contributed by atoms with Crippen molar-refractivity contribution < 1.29 is 37.8 Å². The number of hydrogen-bond donors (Lipinski definition) is 5. The van der Waals surface area contributed by atoms with E-state index in [0.29, 0.717) is 56.6 Å². The molecule has 0 aromatic carbocycles. The summed E-state index contributed by atoms with van der Waals surface area (Å²) in [5, 5.41) is 13.9. The van der Waals surface area contributed by atoms with Gasteiger partial charge in [-0.05, 0) is 0 Å². The number of rotatable bonds is 10. The van der Waals surface area contributed by atoms with Gasteiger partial charge in [0.05, 0.1) is 33.0 Å². The first-order valence-electron chi connectivity index (χ1n) is 9.98. The molecule has 1 unspecified atom stereocenters. The number of aliphatic hydroxyl groups is 1. The number of nitrogens with zero attached hydrogens (tertiary/aromatic N) is 4. The fourth-order valence-corrected chi connectivity index (χ4v) is 4.45. The highest BCUT2D eigenvalue weighted by Crippen LogP contribution is 2.52. The first-order chi connectivity index (χ1) is 15.4. The van der Waals surface area contributed by atoms with Crippen molar-refractivity contribution in [1.82, 2.24) is 19.5 Å². The molecule has 2 saturated heterocycles. The van der Waals surface area contributed by atoms with Gasteiger partial charge in [0.1, 0.15) is 24.6 Å². The van der Waals surface area contributed by atoms with Crippen molar-refractivity contribution in [2.75, 3.05) is 57.2 Å². The normalized spacial score (nSPS) is 30.0. The summed E-state index contributed by atoms with van der Waals surface area (Å²) < 4.78 is 39.7. The molecule has 4 rings (SSSR count). The molecule has 0 spiro atoms. The molecule has 4 heterocycles. The topological polar surface area (TPSA) is 211 Å². The Morgan fingerprint density at radius 2 is 2.06 bits per heavy atom. The Morgan fingerprint density at radius 3 is 2.84 bits per heavy atom. The van der Waals surface area contributed by atoms with Gasteiger partial charge in [-0.1, -0.05) is 0 Å². The van der Waals surface area contributed by atoms with Gasteiger partial charge < -0.3 is 41.0 Å². The van der Waals surface area contributed by atoms with E-state index >= 15 is 0 Å². The molecular weight excluding hydrogens is 449 g/mol. The maximum absolute atomic E-state index is 11.8. The number of aromatic nitrogens is 4. The number of nitrogens with two attached hydrogens (primary N) is 2. The van der Waals surface area contributed by atoms with E-state index in [0.717, 1.165) is 0 Å². The van der Waals surface area contributed by atoms with Crippen molar-refractivity contribution in [2.24, 2.45) is 5.73 Å². The van der Waals surface area contributed by atoms with Gasteiger partial charge in [0.2, 0.25) is 5.95 Å². The highest BCUT2D eigenvalue weighted by molar-refractivity contribution is 7.47. The molecule has 0 saturated carbocycles. The third kappa shape index (κ3) is 4.85. The molecule has 2 aromatic heterocycles. The van der Waals surface area contributed by atoms with Crippen LogP contribution in [0.25, 0.3) is 11.2 Å². The first-order valence-corrected chi connectivity index (χ1v) is 11.5. The van der Waals surface area contributed by atoms with Crippen LogP contribution in [0.3, 0.4) is 0 Å². The Morgan fingerprint density at radius 1 is 1.28 bits per heavy atom. The van der Waals surface area contributed by atoms with Crippen molar-refractivity contribution in [2.45, 2.75) is 24.5 Å². The number of anilines is 2. The predicted octanol–water partition coefficient (Wildman–Crippen LogP) is -1.41. The van der Waals surface area contributed by atoms with E-state index in [1.165, 1.54) is 10.9 Å². The summed E-state index contributed by atoms with van der Waals surface area (Å²) in [6.07, 6.45) is -2.88. The second-order valence-electron chi connectivity index (χ2n) is 7.07. The van der Waals surface area contributed by atoms with Crippen LogP contribution >= 0.6 is 7.82 Å². The number of ether oxygens (including phenoxy) is 3. The summed E-state index contributed by atoms with van der Waals surface area (Å²) in [5.41, 5.74) is 11.9. The van der Waals surface area contributed by atoms with E-state index in [2.05, 4.69) is 20.3 Å². The van der Waals surface area contributed by atoms with Gasteiger partial charge in [-0.25, -0.2) is 19.5 Å². The Labute approximate surface area is 182 Å². The standard InChI is InChI=1S/C16H26N7O8P/c17-1-3-27-5-6-28-4-2-19-16-22-10-13(18)20-8-21-14(10)23(16)15-11(24)12-9(30-15)7-29-32(25,26)31-12/h8-9,11-12,15,24H,1-7,17H2,(H,19,22)(H,25,26)(H2,18,20,21)/t9-,11-,12-,15-/m1/s1. The molecule has 178 valence electrons. The van der Waals surface area contributed by atoms with Crippen molar-refractivity contribution >= 4 is 30.8 Å². The summed E-state index contributed by atoms with van der Waals surface area (Å²) >= 11 is 0. The van der Waals surface area contributed by atoms with Crippen LogP contribution in [-0.2, 0) is 27.8 Å². The molecule has 0 bridgehead atoms. The maximum Gasteiger partial charge on any atom is 0.472 e. The smallest absolute Gasteiger partial charge is 0.386 e. The van der Waals surface area contributed by atoms with Crippen LogP contribution < -0.4 is 16.8 Å². The molecule has 7 N–H and O–H groups in total. The summed E-state index contributed by atoms with van der Waals surface area (Å²) in [4.78, 5) is 22.2. The highest BCUT2D eigenvalue weighted by Gasteiger charge is 2.53. The lowest BCUT2D eigenvalue weighted by molar-refractivity contribution is -0.0659. The summed E-state index contributed by atoms with van der Waals surface area (Å²) in [6.45, 7) is 2.27. The second-order valence-corrected chi connectivity index (χ2v) is 8.47. The Bertz CT molecular complexity index is 977. The number of imidazole rings is 1. The van der Waals surface area contributed by atoms with Gasteiger partial charge in [-0.15, -0.1) is 0 Å². The van der Waals surface area contributed by atoms with Crippen LogP contribution in [0, 0.1) is 0 Å². The molecule has 5 atom stereocenters. The fourth-order valence-electron chi connectivity index (χ4n) is 3.48. The number of aliphatic hydroxyl groups excluding tert-OH is 1. The zero-order valence-electron chi connectivity index (χ0n) is 17.1. The van der Waals surface area contributed by atoms with Crippen LogP contribution in [0.1, 0.15) is 6.23 Å². The zero-order valence-corrected chi connectivity index (χ0v) is 18.0. The minimum absolute atomic E-state index is 0.148. The van der Waals surface area contributed by atoms with Gasteiger partial charge in [0, 0.05) is 13.1 Å². The molecule has 2 aliphatic rings. The van der Waals surface area contributed by atoms with E-state index < -0.39 is 32.4 Å². The number of nitrogens with one attached hydrogen (secondary N) is 1. The minimum Gasteiger partial charge on any atom is -0.386 e. The lowest BCUT2D eigenvalue weighted by Crippen LogP contribution is -2.39. The van der Waals surface area contributed by atoms with Gasteiger partial charge in [-0.2, -0.15) is 0 Å². The molecule has 0 amide bonds. The Hall–Kier alpha value is -1.94. The molecule has 2 aromatic rings. The molecule has 15 nitrogen and oxygen atoms in total. The fraction of sp³-hybridized carbons (Fsp3) is 0.688. The highest BCUT2D eigenvalue weighted by atomic mass is 31.2. The maximum atomic E-state index is 11.8. The quantitative estimate of drug-likeness (QED) is 0.197. The van der Waals surface area contributed by atoms with Gasteiger partial charge >= 0.3 is 7.82 Å². The summed E-state index contributed by atoms with van der Waals surface area (Å²) in [6, 6.07) is 0. The monoisotopic (exact) mass is 475 g/mol. The third-order valence-corrected chi connectivity index (χ3v) is 5.88. The lowest BCUT2D eigenvalue weighted by atomic mass is 10.1. The van der Waals surface area contributed by atoms with Crippen LogP contribution in [0.5, 0.6) is 0 Å². The number of fused-ring (bicyclic) bond motifs is 2. The predicted molar refractivity (Wildman–Crippen MR) is 109 cm³/mol. The molecule has 16 heteroatoms. The average molecular weight is 475 g/mol. The van der Waals surface area contributed by atoms with E-state index in [4.69, 9.17) is 34.7 Å². The van der Waals surface area contributed by atoms with E-state index in [9.17, 15) is 14.6 Å². The van der Waals surface area contributed by atoms with Crippen molar-refractivity contribution in [1.29, 1.82) is 0 Å². The number of phosphoric acid groups is 1. The Kier molecular flexibility index (Phi) is 7.19. The van der Waals surface area contributed by atoms with Crippen molar-refractivity contribution in [3.05, 3.63) is 6.33 Å². The van der Waals surface area contributed by atoms with E-state index in [1.807, 2.05) is 0 Å². The minimum atomic E-state index is -4.26. The van der Waals surface area contributed by atoms with Gasteiger partial charge in [0.25, 0.3) is 0 Å². The SMILES string of the molecule is NCCOCCOCCNc1nc2c(N)ncnc2n1[C@@H]1O[C@@H]2COP(=O)(O)O[C@H]2[C@H]1O. The summed E-state index contributed by atoms with van der Waals surface area (Å²) in [7, 11) is -4.26. The second kappa shape index (κ2) is 9.91. The largest absolute Gasteiger partial charge is 0.472 e. The molecule has 2 fully saturated rings. The number of phosphoric ester groups is 1. The van der Waals surface area contributed by atoms with Gasteiger partial charge in [-0.3, -0.25) is 13.6 Å². The van der Waals surface area contributed by atoms with Crippen molar-refractivity contribution in [3.63, 3.8) is 0 Å².